The molecule has 27 heavy (non-hydrogen) atoms. The van der Waals surface area contributed by atoms with Crippen LogP contribution in [0.2, 0.25) is 0 Å². The molecule has 0 aliphatic heterocycles. The Morgan fingerprint density at radius 3 is 2.67 bits per heavy atom. The van der Waals surface area contributed by atoms with Gasteiger partial charge in [-0.05, 0) is 38.5 Å². The van der Waals surface area contributed by atoms with Crippen LogP contribution in [0.3, 0.4) is 0 Å². The maximum absolute atomic E-state index is 5.48. The van der Waals surface area contributed by atoms with Crippen LogP contribution in [-0.2, 0) is 17.8 Å². The molecule has 0 saturated heterocycles. The first-order chi connectivity index (χ1) is 13.1. The highest BCUT2D eigenvalue weighted by Gasteiger charge is 2.14. The summed E-state index contributed by atoms with van der Waals surface area (Å²) < 4.78 is 16.0. The van der Waals surface area contributed by atoms with Crippen LogP contribution in [0.5, 0.6) is 5.75 Å². The normalized spacial score (nSPS) is 12.7. The fourth-order valence-corrected chi connectivity index (χ4v) is 2.51. The fourth-order valence-electron chi connectivity index (χ4n) is 2.51. The summed E-state index contributed by atoms with van der Waals surface area (Å²) in [4.78, 5) is 11.0. The van der Waals surface area contributed by atoms with Gasteiger partial charge in [0.05, 0.1) is 7.11 Å². The number of hydrogen-bond donors (Lipinski definition) is 1. The smallest absolute Gasteiger partial charge is 0.248 e. The zero-order chi connectivity index (χ0) is 19.6. The van der Waals surface area contributed by atoms with Crippen molar-refractivity contribution < 1.29 is 14.0 Å². The predicted molar refractivity (Wildman–Crippen MR) is 104 cm³/mol. The summed E-state index contributed by atoms with van der Waals surface area (Å²) in [6.07, 6.45) is -0.192. The lowest BCUT2D eigenvalue weighted by Crippen LogP contribution is -2.38. The first-order valence-corrected chi connectivity index (χ1v) is 9.13. The van der Waals surface area contributed by atoms with Crippen molar-refractivity contribution in [3.63, 3.8) is 0 Å². The Morgan fingerprint density at radius 1 is 1.30 bits per heavy atom. The Hall–Kier alpha value is -2.61. The van der Waals surface area contributed by atoms with Gasteiger partial charge in [-0.2, -0.15) is 4.98 Å². The monoisotopic (exact) mass is 375 g/mol. The summed E-state index contributed by atoms with van der Waals surface area (Å²) in [5, 5.41) is 7.24. The Bertz CT molecular complexity index is 714. The third kappa shape index (κ3) is 6.25. The highest BCUT2D eigenvalue weighted by molar-refractivity contribution is 5.79. The van der Waals surface area contributed by atoms with Crippen LogP contribution in [0, 0.1) is 0 Å². The van der Waals surface area contributed by atoms with Crippen molar-refractivity contribution in [2.75, 3.05) is 27.3 Å². The van der Waals surface area contributed by atoms with Crippen molar-refractivity contribution >= 4 is 5.96 Å². The van der Waals surface area contributed by atoms with E-state index >= 15 is 0 Å². The fraction of sp³-hybridized carbons (Fsp3) is 0.526. The molecule has 8 heteroatoms. The Labute approximate surface area is 160 Å². The number of aliphatic imine (C=N–C) groups is 1. The van der Waals surface area contributed by atoms with Crippen LogP contribution >= 0.6 is 0 Å². The van der Waals surface area contributed by atoms with Crippen LogP contribution in [0.15, 0.2) is 33.8 Å². The molecule has 1 unspecified atom stereocenters. The third-order valence-corrected chi connectivity index (χ3v) is 3.90. The molecular weight excluding hydrogens is 346 g/mol. The van der Waals surface area contributed by atoms with E-state index in [-0.39, 0.29) is 6.10 Å². The van der Waals surface area contributed by atoms with Gasteiger partial charge in [0.1, 0.15) is 18.4 Å². The number of rotatable bonds is 9. The topological polar surface area (TPSA) is 85.0 Å². The number of methoxy groups -OCH3 is 1. The molecule has 0 aliphatic rings. The average molecular weight is 375 g/mol. The minimum absolute atomic E-state index is 0.192. The van der Waals surface area contributed by atoms with E-state index in [4.69, 9.17) is 14.0 Å². The molecule has 0 saturated carbocycles. The van der Waals surface area contributed by atoms with E-state index in [9.17, 15) is 0 Å². The van der Waals surface area contributed by atoms with Gasteiger partial charge in [0.15, 0.2) is 11.8 Å². The van der Waals surface area contributed by atoms with Crippen LogP contribution in [0.25, 0.3) is 0 Å². The van der Waals surface area contributed by atoms with Gasteiger partial charge >= 0.3 is 0 Å². The van der Waals surface area contributed by atoms with Gasteiger partial charge in [-0.15, -0.1) is 0 Å². The van der Waals surface area contributed by atoms with Gasteiger partial charge in [-0.1, -0.05) is 17.3 Å². The molecule has 0 aliphatic carbocycles. The highest BCUT2D eigenvalue weighted by Crippen LogP contribution is 2.14. The zero-order valence-electron chi connectivity index (χ0n) is 16.7. The van der Waals surface area contributed by atoms with Gasteiger partial charge in [0, 0.05) is 26.7 Å². The molecule has 1 aromatic heterocycles. The van der Waals surface area contributed by atoms with E-state index in [0.29, 0.717) is 31.4 Å². The molecule has 0 amide bonds. The van der Waals surface area contributed by atoms with E-state index in [0.717, 1.165) is 23.8 Å². The molecule has 2 aromatic rings. The highest BCUT2D eigenvalue weighted by atomic mass is 16.5. The molecule has 1 aromatic carbocycles. The molecular formula is C19H29N5O3. The Morgan fingerprint density at radius 2 is 2.04 bits per heavy atom. The third-order valence-electron chi connectivity index (χ3n) is 3.90. The summed E-state index contributed by atoms with van der Waals surface area (Å²) in [5.74, 6) is 2.62. The molecule has 8 nitrogen and oxygen atoms in total. The SMILES string of the molecule is CCNC(=NCc1nc(C(C)OCC)no1)N(C)Cc1ccc(OC)cc1. The van der Waals surface area contributed by atoms with E-state index in [1.54, 1.807) is 7.11 Å². The first-order valence-electron chi connectivity index (χ1n) is 9.13. The lowest BCUT2D eigenvalue weighted by atomic mass is 10.2. The molecule has 1 N–H and O–H groups in total. The van der Waals surface area contributed by atoms with E-state index in [1.165, 1.54) is 0 Å². The van der Waals surface area contributed by atoms with Crippen molar-refractivity contribution in [1.29, 1.82) is 0 Å². The second-order valence-electron chi connectivity index (χ2n) is 6.02. The average Bonchev–Trinajstić information content (AvgIpc) is 3.15. The van der Waals surface area contributed by atoms with Crippen LogP contribution in [0.4, 0.5) is 0 Å². The number of aromatic nitrogens is 2. The Balaban J connectivity index is 2.01. The Kier molecular flexibility index (Phi) is 8.06. The summed E-state index contributed by atoms with van der Waals surface area (Å²) in [6.45, 7) is 8.25. The van der Waals surface area contributed by atoms with Gasteiger partial charge < -0.3 is 24.2 Å². The van der Waals surface area contributed by atoms with Crippen molar-refractivity contribution in [2.24, 2.45) is 4.99 Å². The van der Waals surface area contributed by atoms with Crippen LogP contribution in [0.1, 0.15) is 44.2 Å². The largest absolute Gasteiger partial charge is 0.497 e. The number of ether oxygens (including phenoxy) is 2. The van der Waals surface area contributed by atoms with Gasteiger partial charge in [-0.3, -0.25) is 0 Å². The number of benzene rings is 1. The van der Waals surface area contributed by atoms with Crippen molar-refractivity contribution in [3.05, 3.63) is 41.5 Å². The number of guanidine groups is 1. The molecule has 2 rings (SSSR count). The van der Waals surface area contributed by atoms with E-state index in [2.05, 4.69) is 20.4 Å². The first kappa shape index (κ1) is 20.7. The van der Waals surface area contributed by atoms with Crippen molar-refractivity contribution in [1.82, 2.24) is 20.4 Å². The molecule has 0 bridgehead atoms. The lowest BCUT2D eigenvalue weighted by molar-refractivity contribution is 0.0683. The maximum Gasteiger partial charge on any atom is 0.248 e. The number of nitrogens with zero attached hydrogens (tertiary/aromatic N) is 4. The summed E-state index contributed by atoms with van der Waals surface area (Å²) >= 11 is 0. The summed E-state index contributed by atoms with van der Waals surface area (Å²) in [6, 6.07) is 7.98. The molecule has 0 spiro atoms. The molecule has 1 heterocycles. The van der Waals surface area contributed by atoms with Crippen LogP contribution in [-0.4, -0.2) is 48.3 Å². The zero-order valence-corrected chi connectivity index (χ0v) is 16.7. The molecule has 148 valence electrons. The maximum atomic E-state index is 5.48. The van der Waals surface area contributed by atoms with Gasteiger partial charge in [-0.25, -0.2) is 4.99 Å². The van der Waals surface area contributed by atoms with Crippen molar-refractivity contribution in [2.45, 2.75) is 40.0 Å². The van der Waals surface area contributed by atoms with E-state index < -0.39 is 0 Å². The number of nitrogens with one attached hydrogen (secondary N) is 1. The summed E-state index contributed by atoms with van der Waals surface area (Å²) in [7, 11) is 3.65. The van der Waals surface area contributed by atoms with Crippen LogP contribution < -0.4 is 10.1 Å². The molecule has 0 radical (unpaired) electrons. The van der Waals surface area contributed by atoms with Gasteiger partial charge in [0.25, 0.3) is 0 Å². The molecule has 1 atom stereocenters. The minimum atomic E-state index is -0.192. The molecule has 0 fully saturated rings. The quantitative estimate of drug-likeness (QED) is 0.533. The minimum Gasteiger partial charge on any atom is -0.497 e. The van der Waals surface area contributed by atoms with Gasteiger partial charge in [0.2, 0.25) is 5.89 Å². The number of hydrogen-bond acceptors (Lipinski definition) is 6. The lowest BCUT2D eigenvalue weighted by Gasteiger charge is -2.22. The standard InChI is InChI=1S/C19H29N5O3/c1-6-20-19(24(4)13-15-8-10-16(25-5)11-9-15)21-12-17-22-18(23-27-17)14(3)26-7-2/h8-11,14H,6-7,12-13H2,1-5H3,(H,20,21). The van der Waals surface area contributed by atoms with E-state index in [1.807, 2.05) is 57.0 Å². The van der Waals surface area contributed by atoms with Crippen molar-refractivity contribution in [3.8, 4) is 5.75 Å². The second kappa shape index (κ2) is 10.5. The predicted octanol–water partition coefficient (Wildman–Crippen LogP) is 2.77. The second-order valence-corrected chi connectivity index (χ2v) is 6.02. The summed E-state index contributed by atoms with van der Waals surface area (Å²) in [5.41, 5.74) is 1.16.